The van der Waals surface area contributed by atoms with Crippen LogP contribution in [-0.4, -0.2) is 19.5 Å². The summed E-state index contributed by atoms with van der Waals surface area (Å²) in [6.07, 6.45) is 35.2. The molecule has 1 fully saturated rings. The maximum Gasteiger partial charge on any atom is 0.157 e. The largest absolute Gasteiger partial charge is 0.353 e. The van der Waals surface area contributed by atoms with Gasteiger partial charge in [0.15, 0.2) is 6.29 Å². The van der Waals surface area contributed by atoms with Gasteiger partial charge in [-0.25, -0.2) is 0 Å². The highest BCUT2D eigenvalue weighted by molar-refractivity contribution is 4.57. The summed E-state index contributed by atoms with van der Waals surface area (Å²) in [4.78, 5) is 0. The van der Waals surface area contributed by atoms with Crippen molar-refractivity contribution < 1.29 is 9.47 Å². The third-order valence-corrected chi connectivity index (χ3v) is 7.58. The van der Waals surface area contributed by atoms with Gasteiger partial charge in [0.1, 0.15) is 0 Å². The molecule has 1 aliphatic heterocycles. The van der Waals surface area contributed by atoms with Gasteiger partial charge in [0, 0.05) is 13.2 Å². The van der Waals surface area contributed by atoms with Gasteiger partial charge < -0.3 is 9.47 Å². The monoisotopic (exact) mass is 466 g/mol. The summed E-state index contributed by atoms with van der Waals surface area (Å²) < 4.78 is 11.4. The highest BCUT2D eigenvalue weighted by Crippen LogP contribution is 2.19. The Balaban J connectivity index is 1.68. The van der Waals surface area contributed by atoms with E-state index >= 15 is 0 Å². The number of ether oxygens (including phenoxy) is 2. The van der Waals surface area contributed by atoms with Gasteiger partial charge in [0.05, 0.1) is 0 Å². The van der Waals surface area contributed by atoms with Crippen LogP contribution in [-0.2, 0) is 9.47 Å². The van der Waals surface area contributed by atoms with Crippen LogP contribution in [0.15, 0.2) is 0 Å². The van der Waals surface area contributed by atoms with Crippen molar-refractivity contribution in [1.82, 2.24) is 0 Å². The van der Waals surface area contributed by atoms with Crippen LogP contribution in [0.1, 0.15) is 174 Å². The molecule has 0 radical (unpaired) electrons. The maximum atomic E-state index is 5.81. The Kier molecular flexibility index (Phi) is 23.5. The minimum atomic E-state index is 0.0990. The molecule has 0 bridgehead atoms. The number of hydrogen-bond donors (Lipinski definition) is 0. The van der Waals surface area contributed by atoms with E-state index in [1.165, 1.54) is 154 Å². The highest BCUT2D eigenvalue weighted by atomic mass is 16.7. The van der Waals surface area contributed by atoms with Crippen LogP contribution in [0.5, 0.6) is 0 Å². The lowest BCUT2D eigenvalue weighted by atomic mass is 9.95. The maximum absolute atomic E-state index is 5.81. The molecule has 0 saturated carbocycles. The number of unbranched alkanes of at least 4 members (excludes halogenated alkanes) is 18. The molecule has 0 aromatic carbocycles. The fourth-order valence-electron chi connectivity index (χ4n) is 5.19. The molecule has 0 aromatic rings. The molecule has 33 heavy (non-hydrogen) atoms. The Morgan fingerprint density at radius 1 is 0.606 bits per heavy atom. The Morgan fingerprint density at radius 3 is 1.52 bits per heavy atom. The molecular weight excluding hydrogens is 404 g/mol. The second-order valence-electron chi connectivity index (χ2n) is 11.1. The molecule has 0 aromatic heterocycles. The van der Waals surface area contributed by atoms with Gasteiger partial charge >= 0.3 is 0 Å². The summed E-state index contributed by atoms with van der Waals surface area (Å²) in [5.74, 6) is 0.956. The minimum absolute atomic E-state index is 0.0990. The van der Waals surface area contributed by atoms with Gasteiger partial charge in [-0.1, -0.05) is 149 Å². The predicted molar refractivity (Wildman–Crippen MR) is 146 cm³/mol. The van der Waals surface area contributed by atoms with Crippen molar-refractivity contribution in [2.45, 2.75) is 181 Å². The Hall–Kier alpha value is -0.0800. The van der Waals surface area contributed by atoms with E-state index in [1.807, 2.05) is 0 Å². The molecule has 198 valence electrons. The van der Waals surface area contributed by atoms with E-state index in [9.17, 15) is 0 Å². The van der Waals surface area contributed by atoms with Gasteiger partial charge in [-0.3, -0.25) is 0 Å². The zero-order chi connectivity index (χ0) is 23.7. The topological polar surface area (TPSA) is 18.5 Å². The highest BCUT2D eigenvalue weighted by Gasteiger charge is 2.13. The average Bonchev–Trinajstić information content (AvgIpc) is 2.84. The van der Waals surface area contributed by atoms with Crippen LogP contribution in [0.3, 0.4) is 0 Å². The van der Waals surface area contributed by atoms with E-state index in [0.717, 1.165) is 25.6 Å². The van der Waals surface area contributed by atoms with E-state index in [-0.39, 0.29) is 6.29 Å². The molecule has 2 atom stereocenters. The average molecular weight is 467 g/mol. The van der Waals surface area contributed by atoms with Gasteiger partial charge in [-0.05, 0) is 31.6 Å². The molecular formula is C31H62O2. The van der Waals surface area contributed by atoms with E-state index in [1.54, 1.807) is 0 Å². The summed E-state index contributed by atoms with van der Waals surface area (Å²) in [7, 11) is 0. The lowest BCUT2D eigenvalue weighted by Crippen LogP contribution is -2.22. The molecule has 0 aliphatic carbocycles. The molecule has 0 N–H and O–H groups in total. The molecule has 1 saturated heterocycles. The molecule has 1 heterocycles. The second-order valence-corrected chi connectivity index (χ2v) is 11.1. The summed E-state index contributed by atoms with van der Waals surface area (Å²) >= 11 is 0. The van der Waals surface area contributed by atoms with Crippen molar-refractivity contribution in [3.05, 3.63) is 0 Å². The summed E-state index contributed by atoms with van der Waals surface area (Å²) in [5, 5.41) is 0. The van der Waals surface area contributed by atoms with Crippen LogP contribution in [0.4, 0.5) is 0 Å². The molecule has 1 aliphatic rings. The fourth-order valence-corrected chi connectivity index (χ4v) is 5.19. The zero-order valence-electron chi connectivity index (χ0n) is 23.1. The number of rotatable bonds is 25. The summed E-state index contributed by atoms with van der Waals surface area (Å²) in [5.41, 5.74) is 0. The van der Waals surface area contributed by atoms with Crippen molar-refractivity contribution >= 4 is 0 Å². The van der Waals surface area contributed by atoms with Crippen LogP contribution in [0.2, 0.25) is 0 Å². The first kappa shape index (κ1) is 31.0. The lowest BCUT2D eigenvalue weighted by molar-refractivity contribution is -0.162. The van der Waals surface area contributed by atoms with E-state index in [2.05, 4.69) is 13.8 Å². The smallest absolute Gasteiger partial charge is 0.157 e. The third-order valence-electron chi connectivity index (χ3n) is 7.58. The van der Waals surface area contributed by atoms with Crippen LogP contribution >= 0.6 is 0 Å². The van der Waals surface area contributed by atoms with E-state index < -0.39 is 0 Å². The predicted octanol–water partition coefficient (Wildman–Crippen LogP) is 10.8. The van der Waals surface area contributed by atoms with Crippen LogP contribution < -0.4 is 0 Å². The van der Waals surface area contributed by atoms with Crippen LogP contribution in [0.25, 0.3) is 0 Å². The van der Waals surface area contributed by atoms with Gasteiger partial charge in [0.25, 0.3) is 0 Å². The number of hydrogen-bond acceptors (Lipinski definition) is 2. The SMILES string of the molecule is CCCCCCCCCC[C@H](C)CCCCCCCCCCCCCCOC1CCCCO1. The lowest BCUT2D eigenvalue weighted by Gasteiger charge is -2.22. The first-order valence-corrected chi connectivity index (χ1v) is 15.6. The zero-order valence-corrected chi connectivity index (χ0v) is 23.1. The van der Waals surface area contributed by atoms with Crippen molar-refractivity contribution in [3.8, 4) is 0 Å². The molecule has 0 spiro atoms. The van der Waals surface area contributed by atoms with E-state index in [0.29, 0.717) is 0 Å². The van der Waals surface area contributed by atoms with Gasteiger partial charge in [-0.15, -0.1) is 0 Å². The van der Waals surface area contributed by atoms with Crippen LogP contribution in [0, 0.1) is 5.92 Å². The molecule has 2 heteroatoms. The molecule has 0 amide bonds. The van der Waals surface area contributed by atoms with Gasteiger partial charge in [-0.2, -0.15) is 0 Å². The normalized spacial score (nSPS) is 17.5. The van der Waals surface area contributed by atoms with Crippen molar-refractivity contribution in [3.63, 3.8) is 0 Å². The standard InChI is InChI=1S/C31H62O2/c1-3-4-5-6-7-14-17-20-25-30(2)26-21-18-15-12-10-8-9-11-13-16-19-23-28-32-31-27-22-24-29-33-31/h30-31H,3-29H2,1-2H3/t30-,31?/m0/s1. The Morgan fingerprint density at radius 2 is 1.06 bits per heavy atom. The second kappa shape index (κ2) is 25.0. The quantitative estimate of drug-likeness (QED) is 0.125. The molecule has 1 unspecified atom stereocenters. The summed E-state index contributed by atoms with van der Waals surface area (Å²) in [6.45, 7) is 6.57. The minimum Gasteiger partial charge on any atom is -0.353 e. The van der Waals surface area contributed by atoms with Crippen molar-refractivity contribution in [2.75, 3.05) is 13.2 Å². The van der Waals surface area contributed by atoms with E-state index in [4.69, 9.17) is 9.47 Å². The first-order valence-electron chi connectivity index (χ1n) is 15.6. The Labute approximate surface area is 209 Å². The van der Waals surface area contributed by atoms with Crippen molar-refractivity contribution in [1.29, 1.82) is 0 Å². The third kappa shape index (κ3) is 22.1. The first-order chi connectivity index (χ1) is 16.3. The van der Waals surface area contributed by atoms with Crippen molar-refractivity contribution in [2.24, 2.45) is 5.92 Å². The Bertz CT molecular complexity index is 364. The molecule has 1 rings (SSSR count). The molecule has 2 nitrogen and oxygen atoms in total. The summed E-state index contributed by atoms with van der Waals surface area (Å²) in [6, 6.07) is 0. The van der Waals surface area contributed by atoms with Gasteiger partial charge in [0.2, 0.25) is 0 Å². The fraction of sp³-hybridized carbons (Fsp3) is 1.00.